The normalized spacial score (nSPS) is 18.7. The van der Waals surface area contributed by atoms with Crippen molar-refractivity contribution in [2.75, 3.05) is 7.11 Å². The van der Waals surface area contributed by atoms with Crippen LogP contribution in [-0.4, -0.2) is 24.5 Å². The van der Waals surface area contributed by atoms with E-state index in [0.717, 1.165) is 0 Å². The fraction of sp³-hybridized carbons (Fsp3) is 0.714. The molecule has 1 aliphatic rings. The molecule has 0 spiro atoms. The number of ether oxygens (including phenoxy) is 1. The Morgan fingerprint density at radius 2 is 2.00 bits per heavy atom. The molecule has 0 bridgehead atoms. The van der Waals surface area contributed by atoms with Crippen molar-refractivity contribution in [2.45, 2.75) is 25.3 Å². The molecule has 0 unspecified atom stereocenters. The van der Waals surface area contributed by atoms with Crippen LogP contribution >= 0.6 is 0 Å². The monoisotopic (exact) mass is 157 g/mol. The van der Waals surface area contributed by atoms with Crippen LogP contribution in [0, 0.1) is 0 Å². The number of amides is 1. The van der Waals surface area contributed by atoms with Gasteiger partial charge in [0, 0.05) is 6.92 Å². The quantitative estimate of drug-likeness (QED) is 0.566. The van der Waals surface area contributed by atoms with Crippen LogP contribution in [0.4, 0.5) is 0 Å². The predicted molar refractivity (Wildman–Crippen MR) is 37.8 cm³/mol. The lowest BCUT2D eigenvalue weighted by molar-refractivity contribution is -0.146. The summed E-state index contributed by atoms with van der Waals surface area (Å²) in [5.41, 5.74) is -0.680. The average molecular weight is 157 g/mol. The van der Waals surface area contributed by atoms with Gasteiger partial charge in [-0.3, -0.25) is 4.79 Å². The lowest BCUT2D eigenvalue weighted by Crippen LogP contribution is -2.42. The van der Waals surface area contributed by atoms with E-state index in [1.54, 1.807) is 0 Å². The molecule has 4 nitrogen and oxygen atoms in total. The third-order valence-corrected chi connectivity index (χ3v) is 1.74. The molecule has 11 heavy (non-hydrogen) atoms. The highest BCUT2D eigenvalue weighted by Crippen LogP contribution is 2.36. The fourth-order valence-corrected chi connectivity index (χ4v) is 1.04. The Kier molecular flexibility index (Phi) is 1.85. The van der Waals surface area contributed by atoms with Gasteiger partial charge in [0.2, 0.25) is 5.91 Å². The number of methoxy groups -OCH3 is 1. The minimum atomic E-state index is -0.680. The van der Waals surface area contributed by atoms with Gasteiger partial charge in [-0.1, -0.05) is 0 Å². The maximum atomic E-state index is 11.0. The summed E-state index contributed by atoms with van der Waals surface area (Å²) >= 11 is 0. The van der Waals surface area contributed by atoms with E-state index in [4.69, 9.17) is 0 Å². The second-order valence-corrected chi connectivity index (χ2v) is 2.75. The molecule has 0 atom stereocenters. The van der Waals surface area contributed by atoms with Crippen LogP contribution in [0.3, 0.4) is 0 Å². The number of esters is 1. The summed E-state index contributed by atoms with van der Waals surface area (Å²) in [5.74, 6) is -0.527. The Balaban J connectivity index is 2.53. The molecule has 62 valence electrons. The molecule has 1 amide bonds. The zero-order valence-electron chi connectivity index (χ0n) is 6.64. The van der Waals surface area contributed by atoms with Gasteiger partial charge in [0.1, 0.15) is 5.54 Å². The summed E-state index contributed by atoms with van der Waals surface area (Å²) in [6.07, 6.45) is 1.39. The van der Waals surface area contributed by atoms with Gasteiger partial charge in [0.25, 0.3) is 0 Å². The molecule has 0 aromatic carbocycles. The second kappa shape index (κ2) is 2.53. The van der Waals surface area contributed by atoms with E-state index >= 15 is 0 Å². The van der Waals surface area contributed by atoms with E-state index in [2.05, 4.69) is 10.1 Å². The van der Waals surface area contributed by atoms with E-state index in [-0.39, 0.29) is 11.9 Å². The lowest BCUT2D eigenvalue weighted by Gasteiger charge is -2.12. The fourth-order valence-electron chi connectivity index (χ4n) is 1.04. The first-order valence-corrected chi connectivity index (χ1v) is 3.48. The number of carbonyl (C=O) groups excluding carboxylic acids is 2. The Morgan fingerprint density at radius 1 is 1.45 bits per heavy atom. The van der Waals surface area contributed by atoms with E-state index in [1.807, 2.05) is 0 Å². The van der Waals surface area contributed by atoms with E-state index < -0.39 is 5.54 Å². The van der Waals surface area contributed by atoms with Crippen LogP contribution in [0.25, 0.3) is 0 Å². The van der Waals surface area contributed by atoms with Crippen LogP contribution in [0.15, 0.2) is 0 Å². The number of rotatable bonds is 2. The number of nitrogens with one attached hydrogen (secondary N) is 1. The predicted octanol–water partition coefficient (Wildman–Crippen LogP) is -0.172. The highest BCUT2D eigenvalue weighted by atomic mass is 16.5. The average Bonchev–Trinajstić information content (AvgIpc) is 2.67. The van der Waals surface area contributed by atoms with Crippen LogP contribution in [0.5, 0.6) is 0 Å². The Hall–Kier alpha value is -1.06. The van der Waals surface area contributed by atoms with Crippen LogP contribution < -0.4 is 5.32 Å². The zero-order chi connectivity index (χ0) is 8.48. The molecule has 1 saturated carbocycles. The van der Waals surface area contributed by atoms with E-state index in [1.165, 1.54) is 14.0 Å². The first-order valence-electron chi connectivity index (χ1n) is 3.48. The SMILES string of the molecule is COC(=O)C1(NC(C)=O)CC1. The largest absolute Gasteiger partial charge is 0.467 e. The summed E-state index contributed by atoms with van der Waals surface area (Å²) in [6, 6.07) is 0. The number of hydrogen-bond acceptors (Lipinski definition) is 3. The van der Waals surface area contributed by atoms with Gasteiger partial charge in [-0.15, -0.1) is 0 Å². The molecule has 0 aromatic rings. The molecule has 1 aliphatic carbocycles. The molecule has 0 aromatic heterocycles. The van der Waals surface area contributed by atoms with Crippen LogP contribution in [0.1, 0.15) is 19.8 Å². The molecule has 0 aliphatic heterocycles. The summed E-state index contributed by atoms with van der Waals surface area (Å²) in [5, 5.41) is 2.57. The molecule has 0 saturated heterocycles. The molecular formula is C7H11NO3. The molecule has 4 heteroatoms. The van der Waals surface area contributed by atoms with Crippen molar-refractivity contribution < 1.29 is 14.3 Å². The Morgan fingerprint density at radius 3 is 2.27 bits per heavy atom. The van der Waals surface area contributed by atoms with Crippen molar-refractivity contribution in [2.24, 2.45) is 0 Å². The van der Waals surface area contributed by atoms with Gasteiger partial charge in [-0.05, 0) is 12.8 Å². The summed E-state index contributed by atoms with van der Waals surface area (Å²) in [4.78, 5) is 21.6. The third-order valence-electron chi connectivity index (χ3n) is 1.74. The highest BCUT2D eigenvalue weighted by Gasteiger charge is 2.51. The van der Waals surface area contributed by atoms with Gasteiger partial charge in [-0.25, -0.2) is 4.79 Å². The van der Waals surface area contributed by atoms with Gasteiger partial charge in [-0.2, -0.15) is 0 Å². The molecule has 0 radical (unpaired) electrons. The highest BCUT2D eigenvalue weighted by molar-refractivity contribution is 5.89. The minimum absolute atomic E-state index is 0.187. The molecular weight excluding hydrogens is 146 g/mol. The second-order valence-electron chi connectivity index (χ2n) is 2.75. The van der Waals surface area contributed by atoms with Crippen LogP contribution in [-0.2, 0) is 14.3 Å². The van der Waals surface area contributed by atoms with Crippen molar-refractivity contribution in [3.63, 3.8) is 0 Å². The number of hydrogen-bond donors (Lipinski definition) is 1. The zero-order valence-corrected chi connectivity index (χ0v) is 6.64. The summed E-state index contributed by atoms with van der Waals surface area (Å²) < 4.78 is 4.52. The van der Waals surface area contributed by atoms with Gasteiger partial charge in [0.05, 0.1) is 7.11 Å². The van der Waals surface area contributed by atoms with E-state index in [9.17, 15) is 9.59 Å². The van der Waals surface area contributed by atoms with Crippen LogP contribution in [0.2, 0.25) is 0 Å². The summed E-state index contributed by atoms with van der Waals surface area (Å²) in [6.45, 7) is 1.39. The van der Waals surface area contributed by atoms with E-state index in [0.29, 0.717) is 12.8 Å². The minimum Gasteiger partial charge on any atom is -0.467 e. The van der Waals surface area contributed by atoms with Gasteiger partial charge >= 0.3 is 5.97 Å². The van der Waals surface area contributed by atoms with Crippen molar-refractivity contribution in [3.05, 3.63) is 0 Å². The Bertz CT molecular complexity index is 196. The maximum absolute atomic E-state index is 11.0. The van der Waals surface area contributed by atoms with Gasteiger partial charge < -0.3 is 10.1 Å². The van der Waals surface area contributed by atoms with Gasteiger partial charge in [0.15, 0.2) is 0 Å². The third kappa shape index (κ3) is 1.50. The standard InChI is InChI=1S/C7H11NO3/c1-5(9)8-7(3-4-7)6(10)11-2/h3-4H2,1-2H3,(H,8,9). The summed E-state index contributed by atoms with van der Waals surface area (Å²) in [7, 11) is 1.32. The number of carbonyl (C=O) groups is 2. The molecule has 1 fully saturated rings. The molecule has 1 N–H and O–H groups in total. The van der Waals surface area contributed by atoms with Crippen molar-refractivity contribution in [3.8, 4) is 0 Å². The Labute approximate surface area is 64.9 Å². The first-order chi connectivity index (χ1) is 5.10. The van der Waals surface area contributed by atoms with Crippen molar-refractivity contribution in [1.82, 2.24) is 5.32 Å². The lowest BCUT2D eigenvalue weighted by atomic mass is 10.3. The van der Waals surface area contributed by atoms with Crippen molar-refractivity contribution in [1.29, 1.82) is 0 Å². The maximum Gasteiger partial charge on any atom is 0.331 e. The molecule has 0 heterocycles. The molecule has 1 rings (SSSR count). The first kappa shape index (κ1) is 8.04. The topological polar surface area (TPSA) is 55.4 Å². The smallest absolute Gasteiger partial charge is 0.331 e. The van der Waals surface area contributed by atoms with Crippen molar-refractivity contribution >= 4 is 11.9 Å².